The molecule has 3 atom stereocenters. The maximum absolute atomic E-state index is 12.6. The Morgan fingerprint density at radius 3 is 2.42 bits per heavy atom. The Morgan fingerprint density at radius 2 is 1.84 bits per heavy atom. The van der Waals surface area contributed by atoms with E-state index in [1.54, 1.807) is 0 Å². The molecule has 0 radical (unpaired) electrons. The summed E-state index contributed by atoms with van der Waals surface area (Å²) < 4.78 is 29.8. The van der Waals surface area contributed by atoms with Crippen molar-refractivity contribution in [2.24, 2.45) is 22.4 Å². The van der Waals surface area contributed by atoms with E-state index in [0.29, 0.717) is 0 Å². The Hall–Kier alpha value is -0.480. The molecule has 0 N–H and O–H groups in total. The largest absolute Gasteiger partial charge is 0.441 e. The van der Waals surface area contributed by atoms with Crippen LogP contribution in [0.3, 0.4) is 0 Å². The number of esters is 1. The number of hydrogen-bond acceptors (Lipinski definition) is 6. The van der Waals surface area contributed by atoms with Gasteiger partial charge in [0, 0.05) is 31.8 Å². The van der Waals surface area contributed by atoms with Crippen LogP contribution in [0.4, 0.5) is 0 Å². The number of alkyl halides is 1. The van der Waals surface area contributed by atoms with Crippen molar-refractivity contribution < 1.29 is 22.8 Å². The first kappa shape index (κ1) is 26.8. The minimum Gasteiger partial charge on any atom is -0.441 e. The van der Waals surface area contributed by atoms with E-state index in [-0.39, 0.29) is 43.9 Å². The van der Waals surface area contributed by atoms with Crippen molar-refractivity contribution in [3.8, 4) is 0 Å². The zero-order valence-electron chi connectivity index (χ0n) is 17.0. The standard InChI is InChI=1S/C18H21Cl5N2O5S/c1-18(2)10(8-24-29-5-6-31(27,28)25(3)4)12(18)17(26)30-16(23)9-7-11(19)14(21)15(22)13(9)20/h7-8,10,12,16H,5-6H2,1-4H3. The third-order valence-corrected chi connectivity index (χ3v) is 8.93. The van der Waals surface area contributed by atoms with Gasteiger partial charge in [-0.05, 0) is 11.5 Å². The summed E-state index contributed by atoms with van der Waals surface area (Å²) in [5.41, 5.74) is -1.46. The van der Waals surface area contributed by atoms with Crippen LogP contribution < -0.4 is 0 Å². The molecule has 1 fully saturated rings. The average Bonchev–Trinajstić information content (AvgIpc) is 3.22. The van der Waals surface area contributed by atoms with Gasteiger partial charge in [-0.2, -0.15) is 0 Å². The number of rotatable bonds is 9. The van der Waals surface area contributed by atoms with Crippen LogP contribution in [0.2, 0.25) is 20.1 Å². The molecule has 0 bridgehead atoms. The maximum atomic E-state index is 12.6. The zero-order chi connectivity index (χ0) is 23.7. The third-order valence-electron chi connectivity index (χ3n) is 5.04. The topological polar surface area (TPSA) is 85.3 Å². The van der Waals surface area contributed by atoms with Gasteiger partial charge in [-0.3, -0.25) is 4.79 Å². The summed E-state index contributed by atoms with van der Waals surface area (Å²) in [6.07, 6.45) is 1.46. The van der Waals surface area contributed by atoms with Crippen LogP contribution in [0, 0.1) is 17.3 Å². The molecule has 0 saturated heterocycles. The predicted molar refractivity (Wildman–Crippen MR) is 124 cm³/mol. The lowest BCUT2D eigenvalue weighted by Gasteiger charge is -2.15. The summed E-state index contributed by atoms with van der Waals surface area (Å²) >= 11 is 30.3. The molecule has 2 rings (SSSR count). The van der Waals surface area contributed by atoms with Crippen molar-refractivity contribution in [3.05, 3.63) is 31.7 Å². The summed E-state index contributed by atoms with van der Waals surface area (Å²) in [5.74, 6) is -1.57. The summed E-state index contributed by atoms with van der Waals surface area (Å²) in [4.78, 5) is 17.7. The number of ether oxygens (including phenoxy) is 1. The molecule has 31 heavy (non-hydrogen) atoms. The van der Waals surface area contributed by atoms with Crippen LogP contribution in [-0.2, 0) is 24.4 Å². The number of carbonyl (C=O) groups is 1. The van der Waals surface area contributed by atoms with Gasteiger partial charge < -0.3 is 9.57 Å². The van der Waals surface area contributed by atoms with Gasteiger partial charge in [0.25, 0.3) is 0 Å². The van der Waals surface area contributed by atoms with Gasteiger partial charge in [0.2, 0.25) is 15.6 Å². The molecule has 0 spiro atoms. The van der Waals surface area contributed by atoms with Crippen molar-refractivity contribution in [1.29, 1.82) is 0 Å². The fourth-order valence-electron chi connectivity index (χ4n) is 2.89. The highest BCUT2D eigenvalue weighted by Gasteiger charge is 2.62. The molecule has 174 valence electrons. The minimum atomic E-state index is -3.37. The van der Waals surface area contributed by atoms with Crippen LogP contribution in [0.15, 0.2) is 11.2 Å². The Morgan fingerprint density at radius 1 is 1.23 bits per heavy atom. The molecule has 1 aromatic carbocycles. The average molecular weight is 555 g/mol. The third kappa shape index (κ3) is 6.10. The summed E-state index contributed by atoms with van der Waals surface area (Å²) in [6.45, 7) is 3.61. The molecule has 7 nitrogen and oxygen atoms in total. The Labute approximate surface area is 206 Å². The SMILES string of the molecule is CN(C)S(=O)(=O)CCON=CC1C(C(=O)OC(Cl)c2cc(Cl)c(Cl)c(Cl)c2Cl)C1(C)C. The first-order chi connectivity index (χ1) is 14.2. The molecule has 0 aliphatic heterocycles. The Kier molecular flexibility index (Phi) is 8.81. The number of nitrogens with zero attached hydrogens (tertiary/aromatic N) is 2. The number of benzene rings is 1. The molecule has 1 aliphatic rings. The van der Waals surface area contributed by atoms with Crippen molar-refractivity contribution in [3.63, 3.8) is 0 Å². The fourth-order valence-corrected chi connectivity index (χ4v) is 4.77. The summed E-state index contributed by atoms with van der Waals surface area (Å²) in [7, 11) is -0.504. The molecular weight excluding hydrogens is 534 g/mol. The van der Waals surface area contributed by atoms with Crippen molar-refractivity contribution in [2.45, 2.75) is 19.4 Å². The molecule has 13 heteroatoms. The molecule has 0 aromatic heterocycles. The van der Waals surface area contributed by atoms with Crippen molar-refractivity contribution in [1.82, 2.24) is 4.31 Å². The van der Waals surface area contributed by atoms with Gasteiger partial charge in [0.05, 0.1) is 26.0 Å². The quantitative estimate of drug-likeness (QED) is 0.0792. The number of sulfonamides is 1. The van der Waals surface area contributed by atoms with Crippen molar-refractivity contribution in [2.75, 3.05) is 26.5 Å². The minimum absolute atomic E-state index is 0.0118. The molecule has 0 heterocycles. The van der Waals surface area contributed by atoms with Gasteiger partial charge in [0.15, 0.2) is 0 Å². The molecule has 1 aliphatic carbocycles. The van der Waals surface area contributed by atoms with Gasteiger partial charge in [0.1, 0.15) is 12.4 Å². The monoisotopic (exact) mass is 552 g/mol. The van der Waals surface area contributed by atoms with Crippen LogP contribution in [0.1, 0.15) is 25.0 Å². The smallest absolute Gasteiger partial charge is 0.311 e. The second-order valence-electron chi connectivity index (χ2n) is 7.65. The maximum Gasteiger partial charge on any atom is 0.311 e. The number of oxime groups is 1. The van der Waals surface area contributed by atoms with Crippen molar-refractivity contribution >= 4 is 80.2 Å². The van der Waals surface area contributed by atoms with E-state index in [0.717, 1.165) is 4.31 Å². The molecule has 1 saturated carbocycles. The van der Waals surface area contributed by atoms with E-state index in [2.05, 4.69) is 5.16 Å². The van der Waals surface area contributed by atoms with E-state index in [1.165, 1.54) is 26.4 Å². The number of carbonyl (C=O) groups excluding carboxylic acids is 1. The first-order valence-electron chi connectivity index (χ1n) is 8.95. The molecule has 3 unspecified atom stereocenters. The van der Waals surface area contributed by atoms with Crippen LogP contribution in [0.5, 0.6) is 0 Å². The van der Waals surface area contributed by atoms with E-state index < -0.39 is 32.9 Å². The van der Waals surface area contributed by atoms with E-state index >= 15 is 0 Å². The number of halogens is 5. The normalized spacial score (nSPS) is 21.4. The zero-order valence-corrected chi connectivity index (χ0v) is 21.6. The fraction of sp³-hybridized carbons (Fsp3) is 0.556. The van der Waals surface area contributed by atoms with Crippen LogP contribution >= 0.6 is 58.0 Å². The van der Waals surface area contributed by atoms with E-state index in [9.17, 15) is 13.2 Å². The lowest BCUT2D eigenvalue weighted by atomic mass is 10.1. The molecule has 1 aromatic rings. The highest BCUT2D eigenvalue weighted by Crippen LogP contribution is 2.58. The Balaban J connectivity index is 1.97. The lowest BCUT2D eigenvalue weighted by molar-refractivity contribution is -0.148. The number of hydrogen-bond donors (Lipinski definition) is 0. The lowest BCUT2D eigenvalue weighted by Crippen LogP contribution is -2.26. The molecule has 0 amide bonds. The van der Waals surface area contributed by atoms with Gasteiger partial charge >= 0.3 is 5.97 Å². The van der Waals surface area contributed by atoms with Gasteiger partial charge in [-0.1, -0.05) is 77.0 Å². The first-order valence-corrected chi connectivity index (χ1v) is 12.5. The summed E-state index contributed by atoms with van der Waals surface area (Å²) in [6, 6.07) is 1.38. The second-order valence-corrected chi connectivity index (χ2v) is 11.9. The van der Waals surface area contributed by atoms with E-state index in [1.807, 2.05) is 13.8 Å². The van der Waals surface area contributed by atoms with Gasteiger partial charge in [-0.25, -0.2) is 12.7 Å². The van der Waals surface area contributed by atoms with Crippen LogP contribution in [0.25, 0.3) is 0 Å². The van der Waals surface area contributed by atoms with E-state index in [4.69, 9.17) is 67.6 Å². The molecular formula is C18H21Cl5N2O5S. The highest BCUT2D eigenvalue weighted by atomic mass is 35.5. The second kappa shape index (κ2) is 10.2. The predicted octanol–water partition coefficient (Wildman–Crippen LogP) is 5.25. The summed E-state index contributed by atoms with van der Waals surface area (Å²) in [5, 5.41) is 4.04. The Bertz CT molecular complexity index is 984. The highest BCUT2D eigenvalue weighted by molar-refractivity contribution is 7.89. The van der Waals surface area contributed by atoms with Gasteiger partial charge in [-0.15, -0.1) is 0 Å². The van der Waals surface area contributed by atoms with Crippen LogP contribution in [-0.4, -0.2) is 51.4 Å².